The smallest absolute Gasteiger partial charge is 0.404 e. The minimum absolute atomic E-state index is 0.107. The lowest BCUT2D eigenvalue weighted by Crippen LogP contribution is -2.43. The summed E-state index contributed by atoms with van der Waals surface area (Å²) in [6, 6.07) is 3.14. The molecule has 0 saturated carbocycles. The molecule has 1 aromatic rings. The molecule has 3 rings (SSSR count). The van der Waals surface area contributed by atoms with Crippen molar-refractivity contribution in [3.05, 3.63) is 28.0 Å². The highest BCUT2D eigenvalue weighted by Gasteiger charge is 2.49. The van der Waals surface area contributed by atoms with E-state index in [1.807, 2.05) is 0 Å². The third-order valence-corrected chi connectivity index (χ3v) is 4.69. The van der Waals surface area contributed by atoms with Crippen molar-refractivity contribution in [3.8, 4) is 0 Å². The fraction of sp³-hybridized carbons (Fsp3) is 0.692. The van der Waals surface area contributed by atoms with Crippen LogP contribution < -0.4 is 5.32 Å². The van der Waals surface area contributed by atoms with Crippen molar-refractivity contribution in [1.82, 2.24) is 10.2 Å². The number of fused-ring (bicyclic) bond motifs is 1. The average molecular weight is 265 g/mol. The molecule has 6 heteroatoms. The molecule has 0 aliphatic carbocycles. The molecule has 0 bridgehead atoms. The topological polar surface area (TPSA) is 71.5 Å². The molecule has 2 atom stereocenters. The van der Waals surface area contributed by atoms with Gasteiger partial charge in [0.15, 0.2) is 0 Å². The normalized spacial score (nSPS) is 29.6. The standard InChI is InChI=1S/C13H19N3O3/c1-13(2)11-6-14-5-9(11)7-15(13)8-10-3-4-12(19-10)16(17)18/h3-4,9,11,14H,5-8H2,1-2H3. The van der Waals surface area contributed by atoms with E-state index in [1.165, 1.54) is 6.07 Å². The van der Waals surface area contributed by atoms with Gasteiger partial charge in [-0.2, -0.15) is 0 Å². The van der Waals surface area contributed by atoms with E-state index in [-0.39, 0.29) is 11.4 Å². The van der Waals surface area contributed by atoms with Gasteiger partial charge in [0.05, 0.1) is 12.6 Å². The van der Waals surface area contributed by atoms with Gasteiger partial charge >= 0.3 is 5.88 Å². The first-order chi connectivity index (χ1) is 8.98. The van der Waals surface area contributed by atoms with Crippen molar-refractivity contribution in [2.75, 3.05) is 19.6 Å². The second-order valence-electron chi connectivity index (χ2n) is 6.06. The minimum atomic E-state index is -0.489. The molecule has 2 unspecified atom stereocenters. The van der Waals surface area contributed by atoms with Gasteiger partial charge in [0, 0.05) is 18.6 Å². The summed E-state index contributed by atoms with van der Waals surface area (Å²) in [4.78, 5) is 12.5. The summed E-state index contributed by atoms with van der Waals surface area (Å²) in [5.41, 5.74) is 0.107. The zero-order chi connectivity index (χ0) is 13.6. The Morgan fingerprint density at radius 1 is 1.53 bits per heavy atom. The summed E-state index contributed by atoms with van der Waals surface area (Å²) in [5, 5.41) is 14.1. The zero-order valence-electron chi connectivity index (χ0n) is 11.3. The van der Waals surface area contributed by atoms with Crippen LogP contribution in [0.1, 0.15) is 19.6 Å². The third-order valence-electron chi connectivity index (χ3n) is 4.69. The van der Waals surface area contributed by atoms with Gasteiger partial charge in [0.2, 0.25) is 0 Å². The monoisotopic (exact) mass is 265 g/mol. The van der Waals surface area contributed by atoms with E-state index in [1.54, 1.807) is 6.07 Å². The largest absolute Gasteiger partial charge is 0.433 e. The Bertz CT molecular complexity index is 497. The maximum Gasteiger partial charge on any atom is 0.433 e. The minimum Gasteiger partial charge on any atom is -0.404 e. The van der Waals surface area contributed by atoms with Crippen LogP contribution in [0.4, 0.5) is 5.88 Å². The molecular formula is C13H19N3O3. The maximum atomic E-state index is 10.6. The fourth-order valence-electron chi connectivity index (χ4n) is 3.51. The molecule has 0 amide bonds. The Morgan fingerprint density at radius 2 is 2.32 bits per heavy atom. The van der Waals surface area contributed by atoms with E-state index in [2.05, 4.69) is 24.1 Å². The highest BCUT2D eigenvalue weighted by Crippen LogP contribution is 2.41. The van der Waals surface area contributed by atoms with Crippen LogP contribution in [0.15, 0.2) is 16.5 Å². The number of likely N-dealkylation sites (tertiary alicyclic amines) is 1. The Morgan fingerprint density at radius 3 is 2.95 bits per heavy atom. The van der Waals surface area contributed by atoms with Crippen LogP contribution in [-0.4, -0.2) is 35.0 Å². The molecule has 0 aromatic carbocycles. The van der Waals surface area contributed by atoms with Crippen LogP contribution in [0.2, 0.25) is 0 Å². The Hall–Kier alpha value is -1.40. The molecule has 2 fully saturated rings. The predicted octanol–water partition coefficient (Wildman–Crippen LogP) is 1.62. The van der Waals surface area contributed by atoms with E-state index in [4.69, 9.17) is 4.42 Å². The molecule has 3 heterocycles. The summed E-state index contributed by atoms with van der Waals surface area (Å²) < 4.78 is 5.27. The number of nitro groups is 1. The molecule has 2 saturated heterocycles. The van der Waals surface area contributed by atoms with Gasteiger partial charge in [0.1, 0.15) is 10.7 Å². The van der Waals surface area contributed by atoms with Gasteiger partial charge in [-0.15, -0.1) is 0 Å². The van der Waals surface area contributed by atoms with Crippen molar-refractivity contribution in [2.45, 2.75) is 25.9 Å². The van der Waals surface area contributed by atoms with Gasteiger partial charge in [0.25, 0.3) is 0 Å². The molecule has 1 aromatic heterocycles. The van der Waals surface area contributed by atoms with E-state index >= 15 is 0 Å². The fourth-order valence-corrected chi connectivity index (χ4v) is 3.51. The van der Waals surface area contributed by atoms with Gasteiger partial charge < -0.3 is 9.73 Å². The molecule has 0 radical (unpaired) electrons. The number of furan rings is 1. The first-order valence-electron chi connectivity index (χ1n) is 6.67. The van der Waals surface area contributed by atoms with Gasteiger partial charge in [-0.05, 0) is 38.3 Å². The van der Waals surface area contributed by atoms with Gasteiger partial charge in [-0.3, -0.25) is 15.0 Å². The van der Waals surface area contributed by atoms with E-state index in [0.29, 0.717) is 24.1 Å². The SMILES string of the molecule is CC1(C)C2CNCC2CN1Cc1ccc([N+](=O)[O-])o1. The molecule has 19 heavy (non-hydrogen) atoms. The van der Waals surface area contributed by atoms with Gasteiger partial charge in [-0.1, -0.05) is 0 Å². The van der Waals surface area contributed by atoms with Crippen LogP contribution in [0, 0.1) is 22.0 Å². The van der Waals surface area contributed by atoms with Crippen molar-refractivity contribution >= 4 is 5.88 Å². The van der Waals surface area contributed by atoms with Crippen LogP contribution in [0.5, 0.6) is 0 Å². The number of hydrogen-bond donors (Lipinski definition) is 1. The van der Waals surface area contributed by atoms with Crippen molar-refractivity contribution in [1.29, 1.82) is 0 Å². The molecule has 0 spiro atoms. The average Bonchev–Trinajstić information content (AvgIpc) is 2.99. The van der Waals surface area contributed by atoms with E-state index < -0.39 is 4.92 Å². The summed E-state index contributed by atoms with van der Waals surface area (Å²) in [7, 11) is 0. The summed E-state index contributed by atoms with van der Waals surface area (Å²) in [6.45, 7) is 8.31. The molecule has 104 valence electrons. The van der Waals surface area contributed by atoms with E-state index in [0.717, 1.165) is 19.6 Å². The highest BCUT2D eigenvalue weighted by molar-refractivity contribution is 5.18. The summed E-state index contributed by atoms with van der Waals surface area (Å²) in [5.74, 6) is 1.83. The van der Waals surface area contributed by atoms with Crippen molar-refractivity contribution in [3.63, 3.8) is 0 Å². The number of nitrogens with one attached hydrogen (secondary N) is 1. The molecule has 6 nitrogen and oxygen atoms in total. The second-order valence-corrected chi connectivity index (χ2v) is 6.06. The van der Waals surface area contributed by atoms with Crippen LogP contribution in [0.25, 0.3) is 0 Å². The Balaban J connectivity index is 1.74. The highest BCUT2D eigenvalue weighted by atomic mass is 16.6. The van der Waals surface area contributed by atoms with Crippen molar-refractivity contribution in [2.24, 2.45) is 11.8 Å². The molecule has 1 N–H and O–H groups in total. The molecular weight excluding hydrogens is 246 g/mol. The lowest BCUT2D eigenvalue weighted by molar-refractivity contribution is -0.402. The second kappa shape index (κ2) is 4.31. The van der Waals surface area contributed by atoms with Gasteiger partial charge in [-0.25, -0.2) is 0 Å². The first-order valence-corrected chi connectivity index (χ1v) is 6.67. The first kappa shape index (κ1) is 12.6. The Kier molecular flexibility index (Phi) is 2.87. The third kappa shape index (κ3) is 2.04. The quantitative estimate of drug-likeness (QED) is 0.664. The zero-order valence-corrected chi connectivity index (χ0v) is 11.3. The number of hydrogen-bond acceptors (Lipinski definition) is 5. The molecule has 2 aliphatic heterocycles. The number of rotatable bonds is 3. The Labute approximate surface area is 111 Å². The number of nitrogens with zero attached hydrogens (tertiary/aromatic N) is 2. The maximum absolute atomic E-state index is 10.6. The lowest BCUT2D eigenvalue weighted by Gasteiger charge is -2.35. The van der Waals surface area contributed by atoms with Crippen LogP contribution >= 0.6 is 0 Å². The van der Waals surface area contributed by atoms with Crippen LogP contribution in [0.3, 0.4) is 0 Å². The molecule has 2 aliphatic rings. The predicted molar refractivity (Wildman–Crippen MR) is 69.7 cm³/mol. The van der Waals surface area contributed by atoms with Crippen molar-refractivity contribution < 1.29 is 9.34 Å². The van der Waals surface area contributed by atoms with E-state index in [9.17, 15) is 10.1 Å². The summed E-state index contributed by atoms with van der Waals surface area (Å²) >= 11 is 0. The summed E-state index contributed by atoms with van der Waals surface area (Å²) in [6.07, 6.45) is 0. The van der Waals surface area contributed by atoms with Crippen LogP contribution in [-0.2, 0) is 6.54 Å². The lowest BCUT2D eigenvalue weighted by atomic mass is 9.85.